The molecule has 1 unspecified atom stereocenters. The Morgan fingerprint density at radius 3 is 3.05 bits per heavy atom. The van der Waals surface area contributed by atoms with Gasteiger partial charge in [0.2, 0.25) is 5.91 Å². The first-order valence-electron chi connectivity index (χ1n) is 7.64. The van der Waals surface area contributed by atoms with Crippen molar-refractivity contribution >= 4 is 28.4 Å². The number of rotatable bonds is 3. The Morgan fingerprint density at radius 2 is 2.29 bits per heavy atom. The predicted molar refractivity (Wildman–Crippen MR) is 86.8 cm³/mol. The molecule has 1 atom stereocenters. The molecule has 0 radical (unpaired) electrons. The number of aromatic nitrogens is 1. The second-order valence-corrected chi connectivity index (χ2v) is 6.41. The van der Waals surface area contributed by atoms with Crippen molar-refractivity contribution in [3.05, 3.63) is 34.5 Å². The number of halogens is 1. The third-order valence-corrected chi connectivity index (χ3v) is 4.67. The summed E-state index contributed by atoms with van der Waals surface area (Å²) in [7, 11) is 1.91. The maximum atomic E-state index is 12.5. The Kier molecular flexibility index (Phi) is 3.94. The van der Waals surface area contributed by atoms with Gasteiger partial charge in [0.1, 0.15) is 0 Å². The molecule has 1 aromatic carbocycles. The van der Waals surface area contributed by atoms with Gasteiger partial charge in [0.05, 0.1) is 0 Å². The van der Waals surface area contributed by atoms with Crippen LogP contribution in [0.3, 0.4) is 0 Å². The Bertz CT molecular complexity index is 677. The van der Waals surface area contributed by atoms with Crippen LogP contribution in [0.4, 0.5) is 0 Å². The Labute approximate surface area is 130 Å². The fourth-order valence-electron chi connectivity index (χ4n) is 3.36. The van der Waals surface area contributed by atoms with Crippen LogP contribution in [0.1, 0.15) is 31.0 Å². The molecule has 1 aromatic heterocycles. The fraction of sp³-hybridized carbons (Fsp3) is 0.471. The van der Waals surface area contributed by atoms with Crippen LogP contribution in [0, 0.1) is 5.92 Å². The molecule has 1 heterocycles. The first kappa shape index (κ1) is 14.5. The molecule has 1 N–H and O–H groups in total. The van der Waals surface area contributed by atoms with Crippen molar-refractivity contribution in [2.75, 3.05) is 13.6 Å². The first-order chi connectivity index (χ1) is 10.1. The van der Waals surface area contributed by atoms with Crippen molar-refractivity contribution in [2.45, 2.75) is 32.6 Å². The summed E-state index contributed by atoms with van der Waals surface area (Å²) < 4.78 is 0. The van der Waals surface area contributed by atoms with Crippen LogP contribution in [0.2, 0.25) is 5.02 Å². The molecule has 0 aliphatic heterocycles. The van der Waals surface area contributed by atoms with E-state index in [0.717, 1.165) is 42.8 Å². The summed E-state index contributed by atoms with van der Waals surface area (Å²) in [6, 6.07) is 5.94. The number of hydrogen-bond acceptors (Lipinski definition) is 1. The van der Waals surface area contributed by atoms with Crippen LogP contribution in [-0.2, 0) is 17.6 Å². The third kappa shape index (κ3) is 2.67. The van der Waals surface area contributed by atoms with E-state index >= 15 is 0 Å². The largest absolute Gasteiger partial charge is 0.358 e. The molecule has 0 saturated carbocycles. The van der Waals surface area contributed by atoms with E-state index in [-0.39, 0.29) is 11.8 Å². The van der Waals surface area contributed by atoms with Crippen molar-refractivity contribution in [2.24, 2.45) is 5.92 Å². The number of fused-ring (bicyclic) bond motifs is 3. The monoisotopic (exact) mass is 304 g/mol. The van der Waals surface area contributed by atoms with Gasteiger partial charge in [-0.3, -0.25) is 4.79 Å². The van der Waals surface area contributed by atoms with Crippen LogP contribution in [0.15, 0.2) is 18.2 Å². The van der Waals surface area contributed by atoms with Gasteiger partial charge in [-0.25, -0.2) is 0 Å². The van der Waals surface area contributed by atoms with Crippen molar-refractivity contribution in [1.29, 1.82) is 0 Å². The molecule has 1 amide bonds. The minimum atomic E-state index is 0.104. The highest BCUT2D eigenvalue weighted by atomic mass is 35.5. The van der Waals surface area contributed by atoms with Crippen LogP contribution < -0.4 is 0 Å². The van der Waals surface area contributed by atoms with Gasteiger partial charge in [0.25, 0.3) is 0 Å². The molecule has 0 saturated heterocycles. The molecule has 1 aliphatic rings. The van der Waals surface area contributed by atoms with E-state index in [9.17, 15) is 4.79 Å². The van der Waals surface area contributed by atoms with Gasteiger partial charge < -0.3 is 9.88 Å². The Balaban J connectivity index is 1.89. The number of carbonyl (C=O) groups excluding carboxylic acids is 1. The highest BCUT2D eigenvalue weighted by Gasteiger charge is 2.28. The van der Waals surface area contributed by atoms with Gasteiger partial charge in [-0.05, 0) is 49.4 Å². The van der Waals surface area contributed by atoms with E-state index in [2.05, 4.69) is 11.9 Å². The van der Waals surface area contributed by atoms with Crippen molar-refractivity contribution < 1.29 is 4.79 Å². The normalized spacial score (nSPS) is 17.8. The molecule has 0 bridgehead atoms. The number of hydrogen-bond donors (Lipinski definition) is 1. The number of aromatic amines is 1. The molecule has 112 valence electrons. The molecule has 0 fully saturated rings. The van der Waals surface area contributed by atoms with E-state index in [1.165, 1.54) is 16.6 Å². The number of carbonyl (C=O) groups is 1. The lowest BCUT2D eigenvalue weighted by Crippen LogP contribution is -2.36. The lowest BCUT2D eigenvalue weighted by Gasteiger charge is -2.26. The second-order valence-electron chi connectivity index (χ2n) is 5.97. The summed E-state index contributed by atoms with van der Waals surface area (Å²) in [4.78, 5) is 17.9. The van der Waals surface area contributed by atoms with Crippen LogP contribution in [0.5, 0.6) is 0 Å². The summed E-state index contributed by atoms with van der Waals surface area (Å²) in [5, 5.41) is 1.92. The van der Waals surface area contributed by atoms with Crippen LogP contribution >= 0.6 is 11.6 Å². The molecule has 21 heavy (non-hydrogen) atoms. The summed E-state index contributed by atoms with van der Waals surface area (Å²) >= 11 is 6.12. The van der Waals surface area contributed by atoms with Crippen LogP contribution in [0.25, 0.3) is 10.9 Å². The molecule has 3 nitrogen and oxygen atoms in total. The number of nitrogens with one attached hydrogen (secondary N) is 1. The van der Waals surface area contributed by atoms with Crippen LogP contribution in [-0.4, -0.2) is 29.4 Å². The minimum absolute atomic E-state index is 0.104. The van der Waals surface area contributed by atoms with Gasteiger partial charge in [-0.1, -0.05) is 18.5 Å². The van der Waals surface area contributed by atoms with Gasteiger partial charge in [-0.15, -0.1) is 0 Å². The summed E-state index contributed by atoms with van der Waals surface area (Å²) in [6.07, 6.45) is 3.70. The molecule has 4 heteroatoms. The highest BCUT2D eigenvalue weighted by molar-refractivity contribution is 6.31. The van der Waals surface area contributed by atoms with Crippen molar-refractivity contribution in [3.63, 3.8) is 0 Å². The Hall–Kier alpha value is -1.48. The van der Waals surface area contributed by atoms with Gasteiger partial charge in [-0.2, -0.15) is 0 Å². The second kappa shape index (κ2) is 5.72. The lowest BCUT2D eigenvalue weighted by molar-refractivity contribution is -0.134. The predicted octanol–water partition coefficient (Wildman–Crippen LogP) is 3.79. The molecule has 0 spiro atoms. The van der Waals surface area contributed by atoms with Gasteiger partial charge >= 0.3 is 0 Å². The quantitative estimate of drug-likeness (QED) is 0.920. The van der Waals surface area contributed by atoms with Crippen molar-refractivity contribution in [1.82, 2.24) is 9.88 Å². The lowest BCUT2D eigenvalue weighted by atomic mass is 9.85. The number of H-pyrrole nitrogens is 1. The molecule has 3 rings (SSSR count). The average Bonchev–Trinajstić information content (AvgIpc) is 2.84. The Morgan fingerprint density at radius 1 is 1.48 bits per heavy atom. The summed E-state index contributed by atoms with van der Waals surface area (Å²) in [5.74, 6) is 0.380. The first-order valence-corrected chi connectivity index (χ1v) is 8.02. The molecular formula is C17H21ClN2O. The van der Waals surface area contributed by atoms with Crippen molar-refractivity contribution in [3.8, 4) is 0 Å². The van der Waals surface area contributed by atoms with E-state index in [1.54, 1.807) is 0 Å². The topological polar surface area (TPSA) is 36.1 Å². The summed E-state index contributed by atoms with van der Waals surface area (Å²) in [6.45, 7) is 2.94. The van der Waals surface area contributed by atoms with Gasteiger partial charge in [0.15, 0.2) is 0 Å². The highest BCUT2D eigenvalue weighted by Crippen LogP contribution is 2.33. The zero-order chi connectivity index (χ0) is 15.0. The standard InChI is InChI=1S/C17H21ClN2O/c1-3-8-20(2)17(21)11-4-6-15-13(9-11)14-10-12(18)5-7-16(14)19-15/h5,7,10-11,19H,3-4,6,8-9H2,1-2H3. The third-order valence-electron chi connectivity index (χ3n) is 4.43. The van der Waals surface area contributed by atoms with Gasteiger partial charge in [0, 0.05) is 41.1 Å². The number of nitrogens with zero attached hydrogens (tertiary/aromatic N) is 1. The number of benzene rings is 1. The average molecular weight is 305 g/mol. The number of aryl methyl sites for hydroxylation is 1. The number of amides is 1. The maximum absolute atomic E-state index is 12.5. The maximum Gasteiger partial charge on any atom is 0.225 e. The smallest absolute Gasteiger partial charge is 0.225 e. The van der Waals surface area contributed by atoms with E-state index < -0.39 is 0 Å². The molecule has 2 aromatic rings. The minimum Gasteiger partial charge on any atom is -0.358 e. The SMILES string of the molecule is CCCN(C)C(=O)C1CCc2[nH]c3ccc(Cl)cc3c2C1. The molecular weight excluding hydrogens is 284 g/mol. The van der Waals surface area contributed by atoms with E-state index in [1.807, 2.05) is 30.1 Å². The van der Waals surface area contributed by atoms with E-state index in [0.29, 0.717) is 0 Å². The zero-order valence-corrected chi connectivity index (χ0v) is 13.3. The molecule has 1 aliphatic carbocycles. The van der Waals surface area contributed by atoms with E-state index in [4.69, 9.17) is 11.6 Å². The fourth-order valence-corrected chi connectivity index (χ4v) is 3.53. The zero-order valence-electron chi connectivity index (χ0n) is 12.6. The summed E-state index contributed by atoms with van der Waals surface area (Å²) in [5.41, 5.74) is 3.68.